The first-order chi connectivity index (χ1) is 21.5. The number of ether oxygens (including phenoxy) is 1. The van der Waals surface area contributed by atoms with Crippen molar-refractivity contribution in [2.24, 2.45) is 0 Å². The van der Waals surface area contributed by atoms with E-state index in [2.05, 4.69) is 14.9 Å². The number of carbonyl (C=O) groups excluding carboxylic acids is 1. The fraction of sp³-hybridized carbons (Fsp3) is 0.242. The summed E-state index contributed by atoms with van der Waals surface area (Å²) < 4.78 is 73.5. The van der Waals surface area contributed by atoms with Gasteiger partial charge in [-0.2, -0.15) is 0 Å². The molecular formula is C33H34ClF3N4O4S. The van der Waals surface area contributed by atoms with Crippen molar-refractivity contribution in [1.82, 2.24) is 9.80 Å². The zero-order chi connectivity index (χ0) is 32.0. The molecule has 2 amide bonds. The van der Waals surface area contributed by atoms with Crippen molar-refractivity contribution in [3.8, 4) is 11.5 Å². The summed E-state index contributed by atoms with van der Waals surface area (Å²) in [5.74, 6) is -0.693. The smallest absolute Gasteiger partial charge is 0.322 e. The fourth-order valence-electron chi connectivity index (χ4n) is 5.20. The van der Waals surface area contributed by atoms with Gasteiger partial charge in [0.1, 0.15) is 29.0 Å². The molecule has 0 spiro atoms. The Hall–Kier alpha value is -4.26. The first kappa shape index (κ1) is 34.6. The Labute approximate surface area is 272 Å². The van der Waals surface area contributed by atoms with Gasteiger partial charge in [-0.15, -0.1) is 12.4 Å². The Morgan fingerprint density at radius 2 is 1.39 bits per heavy atom. The average Bonchev–Trinajstić information content (AvgIpc) is 3.00. The second-order valence-electron chi connectivity index (χ2n) is 10.9. The number of amides is 2. The largest absolute Gasteiger partial charge is 0.457 e. The highest BCUT2D eigenvalue weighted by Gasteiger charge is 2.30. The van der Waals surface area contributed by atoms with E-state index in [9.17, 15) is 26.4 Å². The highest BCUT2D eigenvalue weighted by Crippen LogP contribution is 2.26. The van der Waals surface area contributed by atoms with Gasteiger partial charge in [0.15, 0.2) is 0 Å². The Morgan fingerprint density at radius 1 is 0.848 bits per heavy atom. The summed E-state index contributed by atoms with van der Waals surface area (Å²) >= 11 is 0. The number of sulfonamides is 1. The zero-order valence-corrected chi connectivity index (χ0v) is 26.6. The summed E-state index contributed by atoms with van der Waals surface area (Å²) in [7, 11) is -3.36. The summed E-state index contributed by atoms with van der Waals surface area (Å²) in [6.45, 7) is 1.75. The zero-order valence-electron chi connectivity index (χ0n) is 25.0. The predicted molar refractivity (Wildman–Crippen MR) is 174 cm³/mol. The molecule has 1 saturated heterocycles. The molecule has 4 aromatic carbocycles. The van der Waals surface area contributed by atoms with Crippen molar-refractivity contribution < 1.29 is 31.1 Å². The second-order valence-corrected chi connectivity index (χ2v) is 12.7. The topological polar surface area (TPSA) is 91.0 Å². The number of urea groups is 1. The molecule has 8 nitrogen and oxygen atoms in total. The van der Waals surface area contributed by atoms with Crippen LogP contribution in [0.5, 0.6) is 11.5 Å². The minimum atomic E-state index is -3.36. The van der Waals surface area contributed by atoms with Gasteiger partial charge in [0.2, 0.25) is 10.0 Å². The molecule has 0 aliphatic carbocycles. The number of hydrogen-bond acceptors (Lipinski definition) is 5. The van der Waals surface area contributed by atoms with Gasteiger partial charge in [0.25, 0.3) is 0 Å². The number of likely N-dealkylation sites (tertiary alicyclic amines) is 1. The Morgan fingerprint density at radius 3 is 1.96 bits per heavy atom. The van der Waals surface area contributed by atoms with Crippen LogP contribution in [0.25, 0.3) is 0 Å². The quantitative estimate of drug-likeness (QED) is 0.183. The minimum Gasteiger partial charge on any atom is -0.457 e. The fourth-order valence-corrected chi connectivity index (χ4v) is 5.76. The van der Waals surface area contributed by atoms with E-state index in [0.29, 0.717) is 55.3 Å². The van der Waals surface area contributed by atoms with Gasteiger partial charge in [-0.3, -0.25) is 9.62 Å². The van der Waals surface area contributed by atoms with Crippen LogP contribution < -0.4 is 14.8 Å². The van der Waals surface area contributed by atoms with Crippen LogP contribution in [0.1, 0.15) is 24.0 Å². The molecule has 0 bridgehead atoms. The molecule has 13 heteroatoms. The maximum Gasteiger partial charge on any atom is 0.322 e. The standard InChI is InChI=1S/C33H33F3N4O4S.ClH/c1-45(42,43)38-26-11-15-29(16-12-26)44-28-13-5-23(6-14-28)21-39-19-17-27(18-20-39)40(22-30-31(35)3-2-4-32(30)36)33(41)37-25-9-7-24(34)8-10-25;/h2-16,27,38H,17-22H2,1H3,(H,37,41);1H. The molecule has 0 aromatic heterocycles. The van der Waals surface area contributed by atoms with Crippen molar-refractivity contribution >= 4 is 39.8 Å². The number of nitrogens with one attached hydrogen (secondary N) is 2. The van der Waals surface area contributed by atoms with E-state index in [1.165, 1.54) is 47.4 Å². The lowest BCUT2D eigenvalue weighted by atomic mass is 10.0. The number of halogens is 4. The van der Waals surface area contributed by atoms with Crippen LogP contribution >= 0.6 is 12.4 Å². The summed E-state index contributed by atoms with van der Waals surface area (Å²) in [5, 5.41) is 2.73. The summed E-state index contributed by atoms with van der Waals surface area (Å²) in [6.07, 6.45) is 2.28. The van der Waals surface area contributed by atoms with Gasteiger partial charge in [0, 0.05) is 42.6 Å². The lowest BCUT2D eigenvalue weighted by Gasteiger charge is -2.38. The molecule has 5 rings (SSSR count). The number of anilines is 2. The highest BCUT2D eigenvalue weighted by molar-refractivity contribution is 7.92. The molecule has 1 aliphatic heterocycles. The lowest BCUT2D eigenvalue weighted by Crippen LogP contribution is -2.48. The van der Waals surface area contributed by atoms with Gasteiger partial charge in [-0.1, -0.05) is 18.2 Å². The molecular weight excluding hydrogens is 641 g/mol. The molecule has 0 unspecified atom stereocenters. The lowest BCUT2D eigenvalue weighted by molar-refractivity contribution is 0.118. The third-order valence-electron chi connectivity index (χ3n) is 7.47. The van der Waals surface area contributed by atoms with Gasteiger partial charge in [-0.25, -0.2) is 26.4 Å². The van der Waals surface area contributed by atoms with Crippen LogP contribution in [0.15, 0.2) is 91.0 Å². The monoisotopic (exact) mass is 674 g/mol. The second kappa shape index (κ2) is 15.4. The summed E-state index contributed by atoms with van der Waals surface area (Å²) in [4.78, 5) is 17.1. The van der Waals surface area contributed by atoms with Crippen molar-refractivity contribution in [3.63, 3.8) is 0 Å². The van der Waals surface area contributed by atoms with Crippen LogP contribution in [-0.2, 0) is 23.1 Å². The Kier molecular flexibility index (Phi) is 11.5. The van der Waals surface area contributed by atoms with E-state index in [4.69, 9.17) is 4.74 Å². The van der Waals surface area contributed by atoms with Crippen molar-refractivity contribution in [2.75, 3.05) is 29.4 Å². The van der Waals surface area contributed by atoms with Gasteiger partial charge < -0.3 is 15.0 Å². The SMILES string of the molecule is CS(=O)(=O)Nc1ccc(Oc2ccc(CN3CCC(N(Cc4c(F)cccc4F)C(=O)Nc4ccc(F)cc4)CC3)cc2)cc1.Cl. The number of benzene rings is 4. The van der Waals surface area contributed by atoms with E-state index in [-0.39, 0.29) is 30.6 Å². The first-order valence-corrected chi connectivity index (χ1v) is 16.2. The Bertz CT molecular complexity index is 1700. The Balaban J connectivity index is 0.00000480. The third-order valence-corrected chi connectivity index (χ3v) is 8.07. The predicted octanol–water partition coefficient (Wildman–Crippen LogP) is 7.39. The van der Waals surface area contributed by atoms with Crippen LogP contribution in [0, 0.1) is 17.5 Å². The normalized spacial score (nSPS) is 13.8. The molecule has 244 valence electrons. The average molecular weight is 675 g/mol. The van der Waals surface area contributed by atoms with Crippen molar-refractivity contribution in [1.29, 1.82) is 0 Å². The molecule has 46 heavy (non-hydrogen) atoms. The van der Waals surface area contributed by atoms with Crippen molar-refractivity contribution in [2.45, 2.75) is 32.0 Å². The first-order valence-electron chi connectivity index (χ1n) is 14.4. The number of hydrogen-bond donors (Lipinski definition) is 2. The summed E-state index contributed by atoms with van der Waals surface area (Å²) in [6, 6.07) is 22.4. The third kappa shape index (κ3) is 9.62. The number of piperidine rings is 1. The van der Waals surface area contributed by atoms with Gasteiger partial charge in [-0.05, 0) is 91.2 Å². The van der Waals surface area contributed by atoms with Crippen LogP contribution in [0.4, 0.5) is 29.3 Å². The maximum absolute atomic E-state index is 14.6. The highest BCUT2D eigenvalue weighted by atomic mass is 35.5. The molecule has 2 N–H and O–H groups in total. The van der Waals surface area contributed by atoms with Gasteiger partial charge >= 0.3 is 6.03 Å². The van der Waals surface area contributed by atoms with E-state index >= 15 is 0 Å². The molecule has 0 atom stereocenters. The molecule has 4 aromatic rings. The number of nitrogens with zero attached hydrogens (tertiary/aromatic N) is 2. The molecule has 1 fully saturated rings. The van der Waals surface area contributed by atoms with E-state index in [1.54, 1.807) is 24.3 Å². The molecule has 1 heterocycles. The van der Waals surface area contributed by atoms with Crippen molar-refractivity contribution in [3.05, 3.63) is 120 Å². The molecule has 1 aliphatic rings. The minimum absolute atomic E-state index is 0. The number of carbonyl (C=O) groups is 1. The van der Waals surface area contributed by atoms with Crippen LogP contribution in [0.3, 0.4) is 0 Å². The maximum atomic E-state index is 14.6. The van der Waals surface area contributed by atoms with E-state index in [1.807, 2.05) is 24.3 Å². The van der Waals surface area contributed by atoms with Gasteiger partial charge in [0.05, 0.1) is 12.8 Å². The molecule has 0 saturated carbocycles. The molecule has 0 radical (unpaired) electrons. The summed E-state index contributed by atoms with van der Waals surface area (Å²) in [5.41, 5.74) is 1.71. The van der Waals surface area contributed by atoms with E-state index in [0.717, 1.165) is 11.8 Å². The van der Waals surface area contributed by atoms with Crippen LogP contribution in [-0.4, -0.2) is 49.6 Å². The van der Waals surface area contributed by atoms with Crippen LogP contribution in [0.2, 0.25) is 0 Å². The van der Waals surface area contributed by atoms with E-state index < -0.39 is 33.5 Å². The number of rotatable bonds is 10.